The van der Waals surface area contributed by atoms with Gasteiger partial charge in [0.15, 0.2) is 0 Å². The van der Waals surface area contributed by atoms with Crippen LogP contribution in [0.1, 0.15) is 70.9 Å². The van der Waals surface area contributed by atoms with Gasteiger partial charge in [-0.1, -0.05) is 31.4 Å². The van der Waals surface area contributed by atoms with E-state index in [4.69, 9.17) is 10.5 Å². The van der Waals surface area contributed by atoms with Crippen LogP contribution in [0.15, 0.2) is 24.3 Å². The first-order chi connectivity index (χ1) is 16.9. The molecule has 11 heteroatoms. The topological polar surface area (TPSA) is 175 Å². The molecular formula is C25H35N5O6. The van der Waals surface area contributed by atoms with Crippen molar-refractivity contribution in [2.45, 2.75) is 83.0 Å². The van der Waals surface area contributed by atoms with E-state index < -0.39 is 54.5 Å². The molecule has 2 rings (SSSR count). The standard InChI is InChI=1S/C25H35N5O6/c1-25(2,3)36-24(35)29-19(15-20(27)32)23(34)30(14-13-26)21(16-9-11-18(31)12-10-16)22(33)28-17-7-5-4-6-8-17/h9-12,17,19,21,31H,4-8,14-15H2,1-3H3,(H2,27,32)(H,28,33)(H,29,35). The van der Waals surface area contributed by atoms with E-state index >= 15 is 0 Å². The fraction of sp³-hybridized carbons (Fsp3) is 0.560. The molecule has 5 N–H and O–H groups in total. The summed E-state index contributed by atoms with van der Waals surface area (Å²) in [5.41, 5.74) is 4.80. The zero-order valence-electron chi connectivity index (χ0n) is 21.0. The number of alkyl carbamates (subject to hydrolysis) is 1. The Bertz CT molecular complexity index is 976. The fourth-order valence-corrected chi connectivity index (χ4v) is 4.08. The molecule has 0 bridgehead atoms. The third-order valence-electron chi connectivity index (χ3n) is 5.64. The quantitative estimate of drug-likeness (QED) is 0.374. The van der Waals surface area contributed by atoms with Gasteiger partial charge in [-0.15, -0.1) is 0 Å². The zero-order valence-corrected chi connectivity index (χ0v) is 21.0. The molecule has 0 saturated heterocycles. The van der Waals surface area contributed by atoms with E-state index in [1.165, 1.54) is 24.3 Å². The monoisotopic (exact) mass is 501 g/mol. The SMILES string of the molecule is CC(C)(C)OC(=O)NC(CC(N)=O)C(=O)N(CC#N)C(C(=O)NC1CCCCC1)c1ccc(O)cc1. The molecule has 2 unspecified atom stereocenters. The minimum absolute atomic E-state index is 0.0402. The van der Waals surface area contributed by atoms with Crippen LogP contribution in [0.5, 0.6) is 5.75 Å². The number of benzene rings is 1. The molecule has 1 aliphatic rings. The Hall–Kier alpha value is -3.81. The number of nitriles is 1. The van der Waals surface area contributed by atoms with Crippen LogP contribution in [0.25, 0.3) is 0 Å². The number of phenolic OH excluding ortho intramolecular Hbond substituents is 1. The largest absolute Gasteiger partial charge is 0.508 e. The van der Waals surface area contributed by atoms with E-state index in [9.17, 15) is 29.5 Å². The maximum absolute atomic E-state index is 13.6. The molecular weight excluding hydrogens is 466 g/mol. The molecule has 196 valence electrons. The number of nitrogens with zero attached hydrogens (tertiary/aromatic N) is 2. The van der Waals surface area contributed by atoms with E-state index in [-0.39, 0.29) is 11.8 Å². The van der Waals surface area contributed by atoms with Gasteiger partial charge in [0.05, 0.1) is 12.5 Å². The van der Waals surface area contributed by atoms with Crippen LogP contribution >= 0.6 is 0 Å². The molecule has 0 radical (unpaired) electrons. The van der Waals surface area contributed by atoms with Gasteiger partial charge < -0.3 is 31.1 Å². The normalized spacial score (nSPS) is 15.6. The molecule has 1 aromatic rings. The number of carbonyl (C=O) groups excluding carboxylic acids is 4. The highest BCUT2D eigenvalue weighted by Crippen LogP contribution is 2.26. The van der Waals surface area contributed by atoms with Gasteiger partial charge in [0.1, 0.15) is 30.0 Å². The molecule has 1 aliphatic carbocycles. The van der Waals surface area contributed by atoms with Crippen LogP contribution < -0.4 is 16.4 Å². The van der Waals surface area contributed by atoms with Gasteiger partial charge in [-0.05, 0) is 51.3 Å². The average molecular weight is 502 g/mol. The fourth-order valence-electron chi connectivity index (χ4n) is 4.08. The summed E-state index contributed by atoms with van der Waals surface area (Å²) in [5.74, 6) is -2.26. The van der Waals surface area contributed by atoms with Crippen LogP contribution in [-0.4, -0.2) is 58.1 Å². The number of aromatic hydroxyl groups is 1. The lowest BCUT2D eigenvalue weighted by atomic mass is 9.94. The first kappa shape index (κ1) is 28.4. The van der Waals surface area contributed by atoms with Gasteiger partial charge in [-0.2, -0.15) is 5.26 Å². The predicted molar refractivity (Wildman–Crippen MR) is 130 cm³/mol. The number of rotatable bonds is 9. The molecule has 0 aliphatic heterocycles. The summed E-state index contributed by atoms with van der Waals surface area (Å²) in [4.78, 5) is 52.2. The summed E-state index contributed by atoms with van der Waals surface area (Å²) in [7, 11) is 0. The Morgan fingerprint density at radius 2 is 1.78 bits per heavy atom. The third kappa shape index (κ3) is 8.76. The Balaban J connectivity index is 2.42. The number of hydrogen-bond donors (Lipinski definition) is 4. The van der Waals surface area contributed by atoms with E-state index in [2.05, 4.69) is 10.6 Å². The van der Waals surface area contributed by atoms with Gasteiger partial charge in [0, 0.05) is 6.04 Å². The molecule has 1 fully saturated rings. The van der Waals surface area contributed by atoms with Gasteiger partial charge >= 0.3 is 6.09 Å². The van der Waals surface area contributed by atoms with Crippen LogP contribution in [0.3, 0.4) is 0 Å². The second-order valence-electron chi connectivity index (χ2n) is 9.83. The maximum Gasteiger partial charge on any atom is 0.408 e. The Kier molecular flexibility index (Phi) is 10.1. The number of carbonyl (C=O) groups is 4. The van der Waals surface area contributed by atoms with Crippen molar-refractivity contribution >= 4 is 23.8 Å². The van der Waals surface area contributed by atoms with Crippen molar-refractivity contribution in [1.29, 1.82) is 5.26 Å². The highest BCUT2D eigenvalue weighted by Gasteiger charge is 2.37. The number of amides is 4. The lowest BCUT2D eigenvalue weighted by molar-refractivity contribution is -0.143. The number of phenols is 1. The van der Waals surface area contributed by atoms with Crippen molar-refractivity contribution in [1.82, 2.24) is 15.5 Å². The van der Waals surface area contributed by atoms with Crippen molar-refractivity contribution in [3.05, 3.63) is 29.8 Å². The second kappa shape index (κ2) is 12.8. The second-order valence-corrected chi connectivity index (χ2v) is 9.83. The number of nitrogens with one attached hydrogen (secondary N) is 2. The molecule has 0 spiro atoms. The van der Waals surface area contributed by atoms with Crippen LogP contribution in [-0.2, 0) is 19.1 Å². The minimum atomic E-state index is -1.47. The molecule has 36 heavy (non-hydrogen) atoms. The molecule has 4 amide bonds. The molecule has 1 saturated carbocycles. The maximum atomic E-state index is 13.6. The predicted octanol–water partition coefficient (Wildman–Crippen LogP) is 2.00. The number of nitrogens with two attached hydrogens (primary N) is 1. The Morgan fingerprint density at radius 3 is 2.31 bits per heavy atom. The van der Waals surface area contributed by atoms with Crippen LogP contribution in [0, 0.1) is 11.3 Å². The van der Waals surface area contributed by atoms with Crippen molar-refractivity contribution < 1.29 is 29.0 Å². The van der Waals surface area contributed by atoms with Gasteiger partial charge in [0.25, 0.3) is 0 Å². The molecule has 1 aromatic carbocycles. The van der Waals surface area contributed by atoms with Gasteiger partial charge in [0.2, 0.25) is 17.7 Å². The summed E-state index contributed by atoms with van der Waals surface area (Å²) < 4.78 is 5.20. The molecule has 0 heterocycles. The van der Waals surface area contributed by atoms with E-state index in [0.29, 0.717) is 5.56 Å². The Labute approximate surface area is 211 Å². The smallest absolute Gasteiger partial charge is 0.408 e. The summed E-state index contributed by atoms with van der Waals surface area (Å²) in [6.45, 7) is 4.40. The molecule has 11 nitrogen and oxygen atoms in total. The summed E-state index contributed by atoms with van der Waals surface area (Å²) in [6.07, 6.45) is 3.10. The molecule has 2 atom stereocenters. The van der Waals surface area contributed by atoms with Crippen LogP contribution in [0.2, 0.25) is 0 Å². The first-order valence-corrected chi connectivity index (χ1v) is 12.0. The lowest BCUT2D eigenvalue weighted by Crippen LogP contribution is -2.54. The van der Waals surface area contributed by atoms with E-state index in [0.717, 1.165) is 37.0 Å². The van der Waals surface area contributed by atoms with Gasteiger partial charge in [-0.3, -0.25) is 14.4 Å². The highest BCUT2D eigenvalue weighted by molar-refractivity contribution is 5.94. The number of ether oxygens (including phenoxy) is 1. The summed E-state index contributed by atoms with van der Waals surface area (Å²) >= 11 is 0. The van der Waals surface area contributed by atoms with Crippen LogP contribution in [0.4, 0.5) is 4.79 Å². The number of hydrogen-bond acceptors (Lipinski definition) is 7. The molecule has 0 aromatic heterocycles. The highest BCUT2D eigenvalue weighted by atomic mass is 16.6. The van der Waals surface area contributed by atoms with Crippen molar-refractivity contribution in [2.75, 3.05) is 6.54 Å². The summed E-state index contributed by atoms with van der Waals surface area (Å²) in [5, 5.41) is 24.5. The average Bonchev–Trinajstić information content (AvgIpc) is 2.78. The summed E-state index contributed by atoms with van der Waals surface area (Å²) in [6, 6.07) is 4.77. The van der Waals surface area contributed by atoms with E-state index in [1.54, 1.807) is 20.8 Å². The van der Waals surface area contributed by atoms with Crippen molar-refractivity contribution in [3.8, 4) is 11.8 Å². The Morgan fingerprint density at radius 1 is 1.17 bits per heavy atom. The van der Waals surface area contributed by atoms with E-state index in [1.807, 2.05) is 6.07 Å². The van der Waals surface area contributed by atoms with Crippen molar-refractivity contribution in [3.63, 3.8) is 0 Å². The lowest BCUT2D eigenvalue weighted by Gasteiger charge is -2.34. The third-order valence-corrected chi connectivity index (χ3v) is 5.64. The van der Waals surface area contributed by atoms with Gasteiger partial charge in [-0.25, -0.2) is 4.79 Å². The first-order valence-electron chi connectivity index (χ1n) is 12.0. The number of primary amides is 1. The minimum Gasteiger partial charge on any atom is -0.508 e. The zero-order chi connectivity index (χ0) is 26.9. The van der Waals surface area contributed by atoms with Crippen molar-refractivity contribution in [2.24, 2.45) is 5.73 Å².